The summed E-state index contributed by atoms with van der Waals surface area (Å²) in [6, 6.07) is 7.24. The first-order valence-corrected chi connectivity index (χ1v) is 5.17. The zero-order valence-electron chi connectivity index (χ0n) is 9.82. The van der Waals surface area contributed by atoms with Crippen LogP contribution in [0.2, 0.25) is 0 Å². The van der Waals surface area contributed by atoms with Gasteiger partial charge in [0.15, 0.2) is 0 Å². The van der Waals surface area contributed by atoms with Crippen LogP contribution in [0.5, 0.6) is 5.75 Å². The number of hydrogen-bond donors (Lipinski definition) is 1. The Balaban J connectivity index is 2.54. The highest BCUT2D eigenvalue weighted by Gasteiger charge is 2.02. The van der Waals surface area contributed by atoms with E-state index in [0.717, 1.165) is 11.4 Å². The molecule has 88 valence electrons. The van der Waals surface area contributed by atoms with E-state index in [1.807, 2.05) is 26.0 Å². The normalized spacial score (nSPS) is 10.2. The number of amides is 1. The zero-order valence-corrected chi connectivity index (χ0v) is 9.82. The molecular formula is C12H17NO3. The van der Waals surface area contributed by atoms with Gasteiger partial charge in [-0.3, -0.25) is 4.79 Å². The van der Waals surface area contributed by atoms with Crippen LogP contribution in [0.15, 0.2) is 24.3 Å². The van der Waals surface area contributed by atoms with Crippen molar-refractivity contribution in [3.8, 4) is 5.75 Å². The summed E-state index contributed by atoms with van der Waals surface area (Å²) in [4.78, 5) is 11.2. The van der Waals surface area contributed by atoms with Crippen LogP contribution in [0.3, 0.4) is 0 Å². The Bertz CT molecular complexity index is 333. The molecule has 0 radical (unpaired) electrons. The van der Waals surface area contributed by atoms with Crippen LogP contribution in [-0.4, -0.2) is 25.7 Å². The molecule has 16 heavy (non-hydrogen) atoms. The maximum Gasteiger partial charge on any atom is 0.250 e. The Morgan fingerprint density at radius 1 is 1.31 bits per heavy atom. The summed E-state index contributed by atoms with van der Waals surface area (Å²) in [5.74, 6) is 0.625. The molecule has 1 rings (SSSR count). The lowest BCUT2D eigenvalue weighted by Gasteiger charge is -2.10. The van der Waals surface area contributed by atoms with Crippen LogP contribution in [0.25, 0.3) is 0 Å². The van der Waals surface area contributed by atoms with E-state index in [9.17, 15) is 4.79 Å². The second kappa shape index (κ2) is 6.12. The highest BCUT2D eigenvalue weighted by atomic mass is 16.5. The van der Waals surface area contributed by atoms with Crippen molar-refractivity contribution >= 4 is 11.6 Å². The smallest absolute Gasteiger partial charge is 0.250 e. The van der Waals surface area contributed by atoms with Crippen LogP contribution in [0.4, 0.5) is 5.69 Å². The Labute approximate surface area is 95.6 Å². The number of anilines is 1. The predicted octanol–water partition coefficient (Wildman–Crippen LogP) is 2.06. The van der Waals surface area contributed by atoms with Gasteiger partial charge in [-0.15, -0.1) is 0 Å². The van der Waals surface area contributed by atoms with Gasteiger partial charge in [-0.05, 0) is 38.1 Å². The Hall–Kier alpha value is -1.55. The molecule has 1 amide bonds. The topological polar surface area (TPSA) is 47.6 Å². The van der Waals surface area contributed by atoms with Gasteiger partial charge in [0.1, 0.15) is 12.4 Å². The molecule has 1 N–H and O–H groups in total. The number of hydrogen-bond acceptors (Lipinski definition) is 3. The summed E-state index contributed by atoms with van der Waals surface area (Å²) < 4.78 is 10.2. The highest BCUT2D eigenvalue weighted by molar-refractivity contribution is 5.91. The fourth-order valence-corrected chi connectivity index (χ4v) is 1.22. The quantitative estimate of drug-likeness (QED) is 0.831. The molecule has 1 aromatic carbocycles. The lowest BCUT2D eigenvalue weighted by molar-refractivity contribution is -0.119. The molecular weight excluding hydrogens is 206 g/mol. The molecule has 0 spiro atoms. The van der Waals surface area contributed by atoms with Crippen molar-refractivity contribution in [1.29, 1.82) is 0 Å². The van der Waals surface area contributed by atoms with Crippen LogP contribution in [0.1, 0.15) is 13.8 Å². The van der Waals surface area contributed by atoms with Crippen molar-refractivity contribution in [1.82, 2.24) is 0 Å². The number of methoxy groups -OCH3 is 1. The fourth-order valence-electron chi connectivity index (χ4n) is 1.22. The van der Waals surface area contributed by atoms with Crippen molar-refractivity contribution in [2.75, 3.05) is 19.0 Å². The Morgan fingerprint density at radius 2 is 1.94 bits per heavy atom. The number of carbonyl (C=O) groups excluding carboxylic acids is 1. The molecule has 0 bridgehead atoms. The minimum Gasteiger partial charge on any atom is -0.491 e. The van der Waals surface area contributed by atoms with Crippen LogP contribution in [0, 0.1) is 0 Å². The third-order valence-electron chi connectivity index (χ3n) is 1.79. The first-order chi connectivity index (χ1) is 7.61. The van der Waals surface area contributed by atoms with Crippen LogP contribution in [-0.2, 0) is 9.53 Å². The molecule has 4 heteroatoms. The van der Waals surface area contributed by atoms with Gasteiger partial charge in [0.25, 0.3) is 0 Å². The standard InChI is InChI=1S/C12H17NO3/c1-9(2)16-11-6-4-10(5-7-11)13-12(14)8-15-3/h4-7,9H,8H2,1-3H3,(H,13,14). The molecule has 0 unspecified atom stereocenters. The first kappa shape index (κ1) is 12.5. The molecule has 0 aliphatic rings. The lowest BCUT2D eigenvalue weighted by Crippen LogP contribution is -2.17. The Kier molecular flexibility index (Phi) is 4.79. The van der Waals surface area contributed by atoms with E-state index in [1.165, 1.54) is 7.11 Å². The highest BCUT2D eigenvalue weighted by Crippen LogP contribution is 2.16. The van der Waals surface area contributed by atoms with E-state index in [2.05, 4.69) is 5.32 Å². The number of ether oxygens (including phenoxy) is 2. The Morgan fingerprint density at radius 3 is 2.44 bits per heavy atom. The summed E-state index contributed by atoms with van der Waals surface area (Å²) in [5.41, 5.74) is 0.734. The minimum atomic E-state index is -0.167. The summed E-state index contributed by atoms with van der Waals surface area (Å²) in [6.07, 6.45) is 0.147. The summed E-state index contributed by atoms with van der Waals surface area (Å²) >= 11 is 0. The number of carbonyl (C=O) groups is 1. The zero-order chi connectivity index (χ0) is 12.0. The minimum absolute atomic E-state index is 0.0598. The maximum atomic E-state index is 11.2. The van der Waals surface area contributed by atoms with E-state index >= 15 is 0 Å². The third-order valence-corrected chi connectivity index (χ3v) is 1.79. The number of benzene rings is 1. The first-order valence-electron chi connectivity index (χ1n) is 5.17. The monoisotopic (exact) mass is 223 g/mol. The molecule has 0 saturated carbocycles. The van der Waals surface area contributed by atoms with Gasteiger partial charge in [0.05, 0.1) is 6.10 Å². The van der Waals surface area contributed by atoms with Gasteiger partial charge < -0.3 is 14.8 Å². The van der Waals surface area contributed by atoms with E-state index in [-0.39, 0.29) is 18.6 Å². The summed E-state index contributed by atoms with van der Waals surface area (Å²) in [5, 5.41) is 2.70. The van der Waals surface area contributed by atoms with Crippen molar-refractivity contribution in [2.45, 2.75) is 20.0 Å². The maximum absolute atomic E-state index is 11.2. The second-order valence-electron chi connectivity index (χ2n) is 3.67. The summed E-state index contributed by atoms with van der Waals surface area (Å²) in [6.45, 7) is 3.99. The van der Waals surface area contributed by atoms with Crippen molar-refractivity contribution in [2.24, 2.45) is 0 Å². The van der Waals surface area contributed by atoms with E-state index in [0.29, 0.717) is 0 Å². The van der Waals surface area contributed by atoms with E-state index < -0.39 is 0 Å². The molecule has 0 saturated heterocycles. The third kappa shape index (κ3) is 4.31. The number of rotatable bonds is 5. The van der Waals surface area contributed by atoms with Crippen LogP contribution >= 0.6 is 0 Å². The largest absolute Gasteiger partial charge is 0.491 e. The molecule has 0 heterocycles. The average molecular weight is 223 g/mol. The average Bonchev–Trinajstić information content (AvgIpc) is 2.20. The van der Waals surface area contributed by atoms with Crippen molar-refractivity contribution in [3.05, 3.63) is 24.3 Å². The molecule has 0 aromatic heterocycles. The number of nitrogens with one attached hydrogen (secondary N) is 1. The molecule has 0 aliphatic carbocycles. The van der Waals surface area contributed by atoms with Gasteiger partial charge in [-0.25, -0.2) is 0 Å². The predicted molar refractivity (Wildman–Crippen MR) is 62.7 cm³/mol. The van der Waals surface area contributed by atoms with Gasteiger partial charge in [0.2, 0.25) is 5.91 Å². The lowest BCUT2D eigenvalue weighted by atomic mass is 10.3. The van der Waals surface area contributed by atoms with Crippen molar-refractivity contribution < 1.29 is 14.3 Å². The van der Waals surface area contributed by atoms with Gasteiger partial charge in [0, 0.05) is 12.8 Å². The van der Waals surface area contributed by atoms with E-state index in [1.54, 1.807) is 12.1 Å². The van der Waals surface area contributed by atoms with Gasteiger partial charge >= 0.3 is 0 Å². The SMILES string of the molecule is COCC(=O)Nc1ccc(OC(C)C)cc1. The van der Waals surface area contributed by atoms with Crippen LogP contribution < -0.4 is 10.1 Å². The van der Waals surface area contributed by atoms with Gasteiger partial charge in [-0.1, -0.05) is 0 Å². The summed E-state index contributed by atoms with van der Waals surface area (Å²) in [7, 11) is 1.49. The molecule has 0 fully saturated rings. The molecule has 0 atom stereocenters. The van der Waals surface area contributed by atoms with Crippen molar-refractivity contribution in [3.63, 3.8) is 0 Å². The van der Waals surface area contributed by atoms with E-state index in [4.69, 9.17) is 9.47 Å². The molecule has 1 aromatic rings. The fraction of sp³-hybridized carbons (Fsp3) is 0.417. The molecule has 4 nitrogen and oxygen atoms in total. The van der Waals surface area contributed by atoms with Gasteiger partial charge in [-0.2, -0.15) is 0 Å². The molecule has 0 aliphatic heterocycles. The second-order valence-corrected chi connectivity index (χ2v) is 3.67.